The van der Waals surface area contributed by atoms with Gasteiger partial charge in [-0.1, -0.05) is 0 Å². The van der Waals surface area contributed by atoms with Gasteiger partial charge in [0, 0.05) is 0 Å². The van der Waals surface area contributed by atoms with Crippen LogP contribution in [0.1, 0.15) is 0 Å². The highest BCUT2D eigenvalue weighted by atomic mass is 16.6. The summed E-state index contributed by atoms with van der Waals surface area (Å²) in [5.41, 5.74) is -0.236. The van der Waals surface area contributed by atoms with Crippen LogP contribution in [0.2, 0.25) is 0 Å². The van der Waals surface area contributed by atoms with Crippen LogP contribution in [0.3, 0.4) is 0 Å². The first-order valence-electron chi connectivity index (χ1n) is 2.97. The molecule has 0 aromatic carbocycles. The molecule has 0 aromatic rings. The van der Waals surface area contributed by atoms with Gasteiger partial charge in [0.25, 0.3) is 5.70 Å². The fourth-order valence-corrected chi connectivity index (χ4v) is 0.678. The van der Waals surface area contributed by atoms with Crippen molar-refractivity contribution in [3.8, 4) is 0 Å². The quantitative estimate of drug-likeness (QED) is 0.447. The molecule has 0 atom stereocenters. The Labute approximate surface area is 66.8 Å². The van der Waals surface area contributed by atoms with E-state index in [0.29, 0.717) is 0 Å². The Morgan fingerprint density at radius 1 is 1.83 bits per heavy atom. The lowest BCUT2D eigenvalue weighted by molar-refractivity contribution is -0.427. The van der Waals surface area contributed by atoms with Crippen LogP contribution in [-0.4, -0.2) is 33.9 Å². The second-order valence-electron chi connectivity index (χ2n) is 2.05. The molecule has 1 aliphatic heterocycles. The molecule has 7 nitrogen and oxygen atoms in total. The van der Waals surface area contributed by atoms with E-state index in [4.69, 9.17) is 5.11 Å². The third-order valence-electron chi connectivity index (χ3n) is 1.24. The topological polar surface area (TPSA) is 96.0 Å². The average molecular weight is 171 g/mol. The smallest absolute Gasteiger partial charge is 0.413 e. The Kier molecular flexibility index (Phi) is 2.04. The minimum Gasteiger partial charge on any atom is -0.465 e. The van der Waals surface area contributed by atoms with Gasteiger partial charge in [0.1, 0.15) is 19.1 Å². The Morgan fingerprint density at radius 3 is 3.00 bits per heavy atom. The van der Waals surface area contributed by atoms with E-state index in [2.05, 4.69) is 4.99 Å². The molecule has 1 heterocycles. The van der Waals surface area contributed by atoms with Crippen molar-refractivity contribution >= 4 is 12.4 Å². The van der Waals surface area contributed by atoms with Gasteiger partial charge in [0.2, 0.25) is 0 Å². The van der Waals surface area contributed by atoms with E-state index in [0.717, 1.165) is 17.4 Å². The van der Waals surface area contributed by atoms with Crippen LogP contribution in [0.15, 0.2) is 16.9 Å². The predicted molar refractivity (Wildman–Crippen MR) is 38.3 cm³/mol. The van der Waals surface area contributed by atoms with Gasteiger partial charge in [-0.2, -0.15) is 0 Å². The number of carboxylic acid groups (broad SMARTS) is 1. The molecule has 7 heteroatoms. The van der Waals surface area contributed by atoms with Crippen LogP contribution in [0.25, 0.3) is 0 Å². The zero-order valence-corrected chi connectivity index (χ0v) is 5.88. The van der Waals surface area contributed by atoms with Crippen molar-refractivity contribution in [2.45, 2.75) is 0 Å². The number of amides is 1. The van der Waals surface area contributed by atoms with Crippen molar-refractivity contribution in [1.82, 2.24) is 4.90 Å². The molecule has 0 bridgehead atoms. The van der Waals surface area contributed by atoms with Crippen molar-refractivity contribution < 1.29 is 14.8 Å². The summed E-state index contributed by atoms with van der Waals surface area (Å²) in [7, 11) is 0. The molecule has 1 N–H and O–H groups in total. The number of rotatable bonds is 1. The normalized spacial score (nSPS) is 15.7. The molecule has 0 spiro atoms. The average Bonchev–Trinajstić information content (AvgIpc) is 2.04. The van der Waals surface area contributed by atoms with Gasteiger partial charge in [-0.3, -0.25) is 15.0 Å². The lowest BCUT2D eigenvalue weighted by atomic mass is 10.4. The van der Waals surface area contributed by atoms with Crippen LogP contribution in [-0.2, 0) is 0 Å². The molecule has 1 rings (SSSR count). The summed E-state index contributed by atoms with van der Waals surface area (Å²) in [6.07, 6.45) is 0.792. The summed E-state index contributed by atoms with van der Waals surface area (Å²) in [6.45, 7) is -0.258. The zero-order valence-electron chi connectivity index (χ0n) is 5.88. The third kappa shape index (κ3) is 1.57. The van der Waals surface area contributed by atoms with Crippen LogP contribution in [0.5, 0.6) is 0 Å². The summed E-state index contributed by atoms with van der Waals surface area (Å²) >= 11 is 0. The van der Waals surface area contributed by atoms with Gasteiger partial charge in [0.15, 0.2) is 0 Å². The standard InChI is InChI=1S/C5H5N3O4/c9-5(10)7-2-4(8(11)12)1-6-3-7/h1,3H,2H2,(H,9,10). The van der Waals surface area contributed by atoms with Gasteiger partial charge in [-0.15, -0.1) is 0 Å². The number of hydrogen-bond acceptors (Lipinski definition) is 4. The molecule has 0 unspecified atom stereocenters. The first kappa shape index (κ1) is 8.18. The van der Waals surface area contributed by atoms with Crippen molar-refractivity contribution in [1.29, 1.82) is 0 Å². The van der Waals surface area contributed by atoms with Crippen LogP contribution in [0, 0.1) is 10.1 Å². The van der Waals surface area contributed by atoms with Gasteiger partial charge in [-0.05, 0) is 0 Å². The molecule has 0 saturated carbocycles. The maximum Gasteiger partial charge on any atom is 0.413 e. The Balaban J connectivity index is 2.74. The molecule has 0 saturated heterocycles. The molecule has 1 amide bonds. The maximum absolute atomic E-state index is 10.3. The van der Waals surface area contributed by atoms with E-state index >= 15 is 0 Å². The highest BCUT2D eigenvalue weighted by Gasteiger charge is 2.21. The lowest BCUT2D eigenvalue weighted by Gasteiger charge is -2.13. The fraction of sp³-hybridized carbons (Fsp3) is 0.200. The fourth-order valence-electron chi connectivity index (χ4n) is 0.678. The summed E-state index contributed by atoms with van der Waals surface area (Å²) in [5.74, 6) is 0. The summed E-state index contributed by atoms with van der Waals surface area (Å²) in [6, 6.07) is 0. The van der Waals surface area contributed by atoms with Crippen LogP contribution >= 0.6 is 0 Å². The number of nitrogens with zero attached hydrogens (tertiary/aromatic N) is 3. The van der Waals surface area contributed by atoms with E-state index < -0.39 is 11.0 Å². The summed E-state index contributed by atoms with van der Waals surface area (Å²) in [4.78, 5) is 23.9. The lowest BCUT2D eigenvalue weighted by Crippen LogP contribution is -2.33. The largest absolute Gasteiger partial charge is 0.465 e. The first-order chi connectivity index (χ1) is 5.61. The van der Waals surface area contributed by atoms with Gasteiger partial charge >= 0.3 is 6.09 Å². The molecular formula is C5H5N3O4. The molecule has 1 aliphatic rings. The highest BCUT2D eigenvalue weighted by molar-refractivity contribution is 5.82. The maximum atomic E-state index is 10.3. The van der Waals surface area contributed by atoms with E-state index in [-0.39, 0.29) is 12.2 Å². The molecule has 0 aliphatic carbocycles. The molecule has 0 radical (unpaired) electrons. The molecule has 12 heavy (non-hydrogen) atoms. The van der Waals surface area contributed by atoms with Crippen LogP contribution < -0.4 is 0 Å². The van der Waals surface area contributed by atoms with E-state index in [9.17, 15) is 14.9 Å². The Hall–Kier alpha value is -1.92. The summed E-state index contributed by atoms with van der Waals surface area (Å²) < 4.78 is 0. The Morgan fingerprint density at radius 2 is 2.50 bits per heavy atom. The monoisotopic (exact) mass is 171 g/mol. The first-order valence-corrected chi connectivity index (χ1v) is 2.97. The van der Waals surface area contributed by atoms with Gasteiger partial charge < -0.3 is 5.11 Å². The van der Waals surface area contributed by atoms with E-state index in [1.807, 2.05) is 0 Å². The SMILES string of the molecule is O=C(O)N1C=NC=C([N+](=O)[O-])C1. The highest BCUT2D eigenvalue weighted by Crippen LogP contribution is 2.04. The number of hydrogen-bond donors (Lipinski definition) is 1. The molecule has 0 fully saturated rings. The predicted octanol–water partition coefficient (Wildman–Crippen LogP) is 0.126. The van der Waals surface area contributed by atoms with Crippen molar-refractivity contribution in [3.05, 3.63) is 22.0 Å². The number of aliphatic imine (C=N–C) groups is 1. The molecular weight excluding hydrogens is 166 g/mol. The van der Waals surface area contributed by atoms with Gasteiger partial charge in [-0.25, -0.2) is 9.79 Å². The zero-order chi connectivity index (χ0) is 9.14. The second-order valence-corrected chi connectivity index (χ2v) is 2.05. The third-order valence-corrected chi connectivity index (χ3v) is 1.24. The number of carbonyl (C=O) groups is 1. The summed E-state index contributed by atoms with van der Waals surface area (Å²) in [5, 5.41) is 18.6. The number of nitro groups is 1. The van der Waals surface area contributed by atoms with Crippen molar-refractivity contribution in [3.63, 3.8) is 0 Å². The molecule has 0 aromatic heterocycles. The van der Waals surface area contributed by atoms with Crippen molar-refractivity contribution in [2.24, 2.45) is 4.99 Å². The van der Waals surface area contributed by atoms with Crippen LogP contribution in [0.4, 0.5) is 4.79 Å². The van der Waals surface area contributed by atoms with E-state index in [1.54, 1.807) is 0 Å². The Bertz CT molecular complexity index is 282. The minimum absolute atomic E-state index is 0.236. The molecule has 64 valence electrons. The van der Waals surface area contributed by atoms with Gasteiger partial charge in [0.05, 0.1) is 4.92 Å². The second kappa shape index (κ2) is 2.99. The van der Waals surface area contributed by atoms with E-state index in [1.165, 1.54) is 0 Å². The van der Waals surface area contributed by atoms with Crippen molar-refractivity contribution in [2.75, 3.05) is 6.54 Å². The minimum atomic E-state index is -1.26.